The zero-order valence-electron chi connectivity index (χ0n) is 13.6. The number of fused-ring (bicyclic) bond motifs is 1. The normalized spacial score (nSPS) is 19.0. The minimum atomic E-state index is -1.33. The molecule has 2 aromatic rings. The van der Waals surface area contributed by atoms with Crippen molar-refractivity contribution < 1.29 is 9.53 Å². The quantitative estimate of drug-likeness (QED) is 0.847. The molecule has 0 saturated heterocycles. The zero-order valence-corrected chi connectivity index (χ0v) is 13.6. The lowest BCUT2D eigenvalue weighted by Crippen LogP contribution is -2.53. The molecule has 0 fully saturated rings. The van der Waals surface area contributed by atoms with Crippen molar-refractivity contribution in [1.29, 1.82) is 5.26 Å². The highest BCUT2D eigenvalue weighted by molar-refractivity contribution is 6.19. The summed E-state index contributed by atoms with van der Waals surface area (Å²) in [6.07, 6.45) is -0.245. The topological polar surface area (TPSA) is 65.7 Å². The Bertz CT molecular complexity index is 839. The van der Waals surface area contributed by atoms with Gasteiger partial charge in [0.2, 0.25) is 5.66 Å². The molecule has 0 aliphatic carbocycles. The van der Waals surface area contributed by atoms with Gasteiger partial charge < -0.3 is 4.74 Å². The van der Waals surface area contributed by atoms with Crippen molar-refractivity contribution >= 4 is 17.5 Å². The van der Waals surface area contributed by atoms with E-state index in [0.29, 0.717) is 17.8 Å². The maximum Gasteiger partial charge on any atom is 0.416 e. The molecule has 0 unspecified atom stereocenters. The SMILES string of the molecule is CC[C@]1(C#N)N=C(c2ccccc2)c2ccccc2N1C(=O)OC. The molecular weight excluding hydrogens is 302 g/mol. The van der Waals surface area contributed by atoms with Gasteiger partial charge >= 0.3 is 6.09 Å². The number of hydrogen-bond acceptors (Lipinski definition) is 4. The molecule has 5 nitrogen and oxygen atoms in total. The Morgan fingerprint density at radius 3 is 2.50 bits per heavy atom. The lowest BCUT2D eigenvalue weighted by atomic mass is 9.93. The number of benzene rings is 2. The van der Waals surface area contributed by atoms with Crippen LogP contribution in [-0.2, 0) is 4.74 Å². The van der Waals surface area contributed by atoms with Crippen LogP contribution in [0.5, 0.6) is 0 Å². The maximum atomic E-state index is 12.4. The van der Waals surface area contributed by atoms with E-state index < -0.39 is 11.8 Å². The van der Waals surface area contributed by atoms with E-state index >= 15 is 0 Å². The van der Waals surface area contributed by atoms with E-state index in [9.17, 15) is 10.1 Å². The number of rotatable bonds is 2. The Labute approximate surface area is 140 Å². The summed E-state index contributed by atoms with van der Waals surface area (Å²) < 4.78 is 4.91. The number of para-hydroxylation sites is 1. The van der Waals surface area contributed by atoms with E-state index in [1.807, 2.05) is 61.5 Å². The minimum absolute atomic E-state index is 0.350. The Hall–Kier alpha value is -3.13. The van der Waals surface area contributed by atoms with Crippen molar-refractivity contribution in [3.63, 3.8) is 0 Å². The highest BCUT2D eigenvalue weighted by Crippen LogP contribution is 2.38. The van der Waals surface area contributed by atoms with E-state index in [0.717, 1.165) is 11.1 Å². The van der Waals surface area contributed by atoms with Crippen LogP contribution < -0.4 is 4.90 Å². The summed E-state index contributed by atoms with van der Waals surface area (Å²) >= 11 is 0. The number of carbonyl (C=O) groups excluding carboxylic acids is 1. The van der Waals surface area contributed by atoms with Crippen molar-refractivity contribution in [3.05, 3.63) is 65.7 Å². The fourth-order valence-corrected chi connectivity index (χ4v) is 2.91. The Balaban J connectivity index is 2.31. The number of ether oxygens (including phenoxy) is 1. The summed E-state index contributed by atoms with van der Waals surface area (Å²) in [5.74, 6) is 0. The first-order valence-electron chi connectivity index (χ1n) is 7.71. The van der Waals surface area contributed by atoms with Gasteiger partial charge in [0.15, 0.2) is 0 Å². The van der Waals surface area contributed by atoms with Gasteiger partial charge in [0.1, 0.15) is 6.07 Å². The minimum Gasteiger partial charge on any atom is -0.452 e. The van der Waals surface area contributed by atoms with Crippen molar-refractivity contribution in [2.75, 3.05) is 12.0 Å². The van der Waals surface area contributed by atoms with Gasteiger partial charge in [-0.1, -0.05) is 55.5 Å². The predicted octanol–water partition coefficient (Wildman–Crippen LogP) is 3.74. The average Bonchev–Trinajstić information content (AvgIpc) is 2.66. The summed E-state index contributed by atoms with van der Waals surface area (Å²) in [5.41, 5.74) is 1.71. The van der Waals surface area contributed by atoms with Gasteiger partial charge in [-0.25, -0.2) is 14.7 Å². The largest absolute Gasteiger partial charge is 0.452 e. The highest BCUT2D eigenvalue weighted by Gasteiger charge is 2.45. The summed E-state index contributed by atoms with van der Waals surface area (Å²) in [5, 5.41) is 9.84. The van der Waals surface area contributed by atoms with Gasteiger partial charge in [0.25, 0.3) is 0 Å². The van der Waals surface area contributed by atoms with Crippen LogP contribution in [0.15, 0.2) is 59.6 Å². The molecule has 5 heteroatoms. The number of methoxy groups -OCH3 is 1. The molecule has 0 spiro atoms. The van der Waals surface area contributed by atoms with Crippen LogP contribution in [0.1, 0.15) is 24.5 Å². The second kappa shape index (κ2) is 6.17. The lowest BCUT2D eigenvalue weighted by Gasteiger charge is -2.39. The first-order valence-corrected chi connectivity index (χ1v) is 7.71. The maximum absolute atomic E-state index is 12.4. The van der Waals surface area contributed by atoms with Crippen molar-refractivity contribution in [3.8, 4) is 6.07 Å². The van der Waals surface area contributed by atoms with Crippen LogP contribution in [0.3, 0.4) is 0 Å². The van der Waals surface area contributed by atoms with Crippen LogP contribution >= 0.6 is 0 Å². The number of anilines is 1. The van der Waals surface area contributed by atoms with Crippen LogP contribution in [0.25, 0.3) is 0 Å². The van der Waals surface area contributed by atoms with E-state index in [4.69, 9.17) is 9.73 Å². The summed E-state index contributed by atoms with van der Waals surface area (Å²) in [6, 6.07) is 19.3. The molecule has 2 aromatic carbocycles. The molecule has 0 radical (unpaired) electrons. The molecule has 1 heterocycles. The van der Waals surface area contributed by atoms with Crippen LogP contribution in [0.2, 0.25) is 0 Å². The zero-order chi connectivity index (χ0) is 17.2. The van der Waals surface area contributed by atoms with Gasteiger partial charge in [-0.3, -0.25) is 0 Å². The van der Waals surface area contributed by atoms with E-state index in [-0.39, 0.29) is 0 Å². The van der Waals surface area contributed by atoms with Crippen molar-refractivity contribution in [1.82, 2.24) is 0 Å². The summed E-state index contributed by atoms with van der Waals surface area (Å²) in [7, 11) is 1.30. The first-order chi connectivity index (χ1) is 11.7. The molecule has 1 aliphatic rings. The molecule has 0 N–H and O–H groups in total. The smallest absolute Gasteiger partial charge is 0.416 e. The van der Waals surface area contributed by atoms with Gasteiger partial charge in [-0.2, -0.15) is 5.26 Å². The fraction of sp³-hybridized carbons (Fsp3) is 0.211. The fourth-order valence-electron chi connectivity index (χ4n) is 2.91. The second-order valence-corrected chi connectivity index (χ2v) is 5.43. The van der Waals surface area contributed by atoms with E-state index in [1.54, 1.807) is 0 Å². The summed E-state index contributed by atoms with van der Waals surface area (Å²) in [4.78, 5) is 18.4. The number of carbonyl (C=O) groups is 1. The molecular formula is C19H17N3O2. The molecule has 1 amide bonds. The Morgan fingerprint density at radius 1 is 1.21 bits per heavy atom. The van der Waals surface area contributed by atoms with Crippen LogP contribution in [-0.4, -0.2) is 24.6 Å². The highest BCUT2D eigenvalue weighted by atomic mass is 16.5. The molecule has 1 atom stereocenters. The van der Waals surface area contributed by atoms with E-state index in [2.05, 4.69) is 6.07 Å². The molecule has 0 bridgehead atoms. The monoisotopic (exact) mass is 319 g/mol. The van der Waals surface area contributed by atoms with Crippen LogP contribution in [0.4, 0.5) is 10.5 Å². The number of aliphatic imine (C=N–C) groups is 1. The number of nitrogens with zero attached hydrogens (tertiary/aromatic N) is 3. The third kappa shape index (κ3) is 2.33. The van der Waals surface area contributed by atoms with Crippen molar-refractivity contribution in [2.24, 2.45) is 4.99 Å². The number of nitriles is 1. The van der Waals surface area contributed by atoms with Gasteiger partial charge in [0.05, 0.1) is 18.5 Å². The predicted molar refractivity (Wildman–Crippen MR) is 92.0 cm³/mol. The average molecular weight is 319 g/mol. The molecule has 120 valence electrons. The standard InChI is InChI=1S/C19H17N3O2/c1-3-19(13-20)21-17(14-9-5-4-6-10-14)15-11-7-8-12-16(15)22(19)18(23)24-2/h4-12H,3H2,1-2H3/t19-/m0/s1. The second-order valence-electron chi connectivity index (χ2n) is 5.43. The summed E-state index contributed by atoms with van der Waals surface area (Å²) in [6.45, 7) is 1.83. The molecule has 1 aliphatic heterocycles. The number of amides is 1. The van der Waals surface area contributed by atoms with Crippen molar-refractivity contribution in [2.45, 2.75) is 19.0 Å². The molecule has 0 aromatic heterocycles. The Morgan fingerprint density at radius 2 is 1.88 bits per heavy atom. The first kappa shape index (κ1) is 15.8. The third-order valence-corrected chi connectivity index (χ3v) is 4.14. The number of hydrogen-bond donors (Lipinski definition) is 0. The van der Waals surface area contributed by atoms with E-state index in [1.165, 1.54) is 12.0 Å². The molecule has 0 saturated carbocycles. The van der Waals surface area contributed by atoms with Gasteiger partial charge in [0, 0.05) is 17.5 Å². The molecule has 3 rings (SSSR count). The third-order valence-electron chi connectivity index (χ3n) is 4.14. The Kier molecular flexibility index (Phi) is 4.05. The lowest BCUT2D eigenvalue weighted by molar-refractivity contribution is 0.172. The van der Waals surface area contributed by atoms with Gasteiger partial charge in [-0.05, 0) is 6.07 Å². The van der Waals surface area contributed by atoms with Gasteiger partial charge in [-0.15, -0.1) is 0 Å². The van der Waals surface area contributed by atoms with Crippen LogP contribution in [0, 0.1) is 11.3 Å². The molecule has 24 heavy (non-hydrogen) atoms.